The van der Waals surface area contributed by atoms with Crippen molar-refractivity contribution in [3.05, 3.63) is 76.3 Å². The Morgan fingerprint density at radius 3 is 2.61 bits per heavy atom. The number of carbonyl (C=O) groups is 2. The van der Waals surface area contributed by atoms with Gasteiger partial charge in [0.2, 0.25) is 5.91 Å². The molecule has 2 amide bonds. The highest BCUT2D eigenvalue weighted by Crippen LogP contribution is 2.36. The molecule has 0 radical (unpaired) electrons. The Labute approximate surface area is 172 Å². The van der Waals surface area contributed by atoms with E-state index in [0.29, 0.717) is 30.6 Å². The highest BCUT2D eigenvalue weighted by atomic mass is 79.9. The maximum Gasteiger partial charge on any atom is 0.251 e. The summed E-state index contributed by atoms with van der Waals surface area (Å²) in [6.45, 7) is 0.442. The summed E-state index contributed by atoms with van der Waals surface area (Å²) >= 11 is 3.43. The number of carbonyl (C=O) groups excluding carboxylic acids is 2. The molecule has 0 saturated carbocycles. The Balaban J connectivity index is 1.54. The Morgan fingerprint density at radius 1 is 1.14 bits per heavy atom. The molecule has 0 spiro atoms. The number of nitrogens with zero attached hydrogens (tertiary/aromatic N) is 1. The highest BCUT2D eigenvalue weighted by molar-refractivity contribution is 9.10. The van der Waals surface area contributed by atoms with Gasteiger partial charge in [0.15, 0.2) is 0 Å². The standard InChI is InChI=1S/C22H21BrN2O3/c23-17-8-4-5-9-18(17)24-21(27)15-10-11-16-20(26)19(12-15)25(22(16)28)13-14-6-2-1-3-7-14/h1-10,16,19-20,26H,11-13H2,(H,24,27)/t16-,19+,20-/m0/s1. The van der Waals surface area contributed by atoms with E-state index in [2.05, 4.69) is 21.2 Å². The van der Waals surface area contributed by atoms with Crippen LogP contribution in [0.5, 0.6) is 0 Å². The van der Waals surface area contributed by atoms with Gasteiger partial charge in [-0.25, -0.2) is 0 Å². The topological polar surface area (TPSA) is 69.6 Å². The molecule has 1 aliphatic heterocycles. The van der Waals surface area contributed by atoms with Crippen molar-refractivity contribution < 1.29 is 14.7 Å². The number of allylic oxidation sites excluding steroid dienone is 1. The highest BCUT2D eigenvalue weighted by Gasteiger charge is 2.48. The number of para-hydroxylation sites is 1. The molecular weight excluding hydrogens is 420 g/mol. The Bertz CT molecular complexity index is 928. The quantitative estimate of drug-likeness (QED) is 0.764. The van der Waals surface area contributed by atoms with E-state index in [1.807, 2.05) is 54.6 Å². The third kappa shape index (κ3) is 3.62. The lowest BCUT2D eigenvalue weighted by Crippen LogP contribution is -2.38. The first-order chi connectivity index (χ1) is 13.5. The number of hydrogen-bond donors (Lipinski definition) is 2. The number of hydrogen-bond acceptors (Lipinski definition) is 3. The first kappa shape index (κ1) is 18.9. The molecule has 6 heteroatoms. The Kier molecular flexibility index (Phi) is 5.33. The molecule has 2 N–H and O–H groups in total. The lowest BCUT2D eigenvalue weighted by Gasteiger charge is -2.27. The third-order valence-electron chi connectivity index (χ3n) is 5.46. The van der Waals surface area contributed by atoms with E-state index >= 15 is 0 Å². The summed E-state index contributed by atoms with van der Waals surface area (Å²) in [5.41, 5.74) is 2.31. The van der Waals surface area contributed by atoms with Crippen LogP contribution >= 0.6 is 15.9 Å². The fraction of sp³-hybridized carbons (Fsp3) is 0.273. The van der Waals surface area contributed by atoms with Crippen LogP contribution < -0.4 is 5.32 Å². The molecule has 1 fully saturated rings. The molecule has 28 heavy (non-hydrogen) atoms. The minimum absolute atomic E-state index is 0.0390. The maximum absolute atomic E-state index is 12.8. The number of nitrogens with one attached hydrogen (secondary N) is 1. The molecule has 2 bridgehead atoms. The molecule has 0 unspecified atom stereocenters. The molecule has 4 rings (SSSR count). The molecule has 144 valence electrons. The SMILES string of the molecule is O=C(Nc1ccccc1Br)C1=CC[C@@H]2C(=O)N(Cc3ccccc3)[C@H](C1)[C@H]2O. The lowest BCUT2D eigenvalue weighted by molar-refractivity contribution is -0.133. The second-order valence-electron chi connectivity index (χ2n) is 7.22. The fourth-order valence-electron chi connectivity index (χ4n) is 3.95. The Hall–Kier alpha value is -2.44. The number of benzene rings is 2. The zero-order chi connectivity index (χ0) is 19.7. The number of rotatable bonds is 4. The number of likely N-dealkylation sites (tertiary alicyclic amines) is 1. The monoisotopic (exact) mass is 440 g/mol. The van der Waals surface area contributed by atoms with Gasteiger partial charge >= 0.3 is 0 Å². The van der Waals surface area contributed by atoms with Crippen LogP contribution in [0, 0.1) is 5.92 Å². The molecule has 0 aromatic heterocycles. The van der Waals surface area contributed by atoms with Crippen molar-refractivity contribution >= 4 is 33.4 Å². The van der Waals surface area contributed by atoms with Crippen molar-refractivity contribution in [2.75, 3.05) is 5.32 Å². The van der Waals surface area contributed by atoms with E-state index in [-0.39, 0.29) is 11.8 Å². The molecule has 1 aliphatic carbocycles. The van der Waals surface area contributed by atoms with Crippen molar-refractivity contribution in [1.82, 2.24) is 4.90 Å². The van der Waals surface area contributed by atoms with Crippen LogP contribution in [0.25, 0.3) is 0 Å². The molecular formula is C22H21BrN2O3. The average Bonchev–Trinajstić information content (AvgIpc) is 2.82. The molecule has 5 nitrogen and oxygen atoms in total. The zero-order valence-electron chi connectivity index (χ0n) is 15.2. The van der Waals surface area contributed by atoms with Crippen molar-refractivity contribution in [3.8, 4) is 0 Å². The van der Waals surface area contributed by atoms with Crippen LogP contribution in [0.4, 0.5) is 5.69 Å². The maximum atomic E-state index is 12.8. The third-order valence-corrected chi connectivity index (χ3v) is 6.16. The zero-order valence-corrected chi connectivity index (χ0v) is 16.8. The lowest BCUT2D eigenvalue weighted by atomic mass is 9.99. The molecule has 2 aromatic rings. The first-order valence-corrected chi connectivity index (χ1v) is 10.1. The van der Waals surface area contributed by atoms with Gasteiger partial charge in [-0.1, -0.05) is 48.5 Å². The van der Waals surface area contributed by atoms with Gasteiger partial charge in [0.25, 0.3) is 5.91 Å². The van der Waals surface area contributed by atoms with Crippen LogP contribution in [-0.2, 0) is 16.1 Å². The van der Waals surface area contributed by atoms with Crippen LogP contribution in [-0.4, -0.2) is 34.0 Å². The minimum atomic E-state index is -0.763. The molecule has 3 atom stereocenters. The van der Waals surface area contributed by atoms with Gasteiger partial charge in [0.05, 0.1) is 23.8 Å². The van der Waals surface area contributed by atoms with Crippen LogP contribution in [0.3, 0.4) is 0 Å². The molecule has 1 saturated heterocycles. The molecule has 2 aromatic carbocycles. The van der Waals surface area contributed by atoms with Crippen molar-refractivity contribution in [1.29, 1.82) is 0 Å². The summed E-state index contributed by atoms with van der Waals surface area (Å²) in [6.07, 6.45) is 1.76. The van der Waals surface area contributed by atoms with E-state index in [0.717, 1.165) is 10.0 Å². The molecule has 1 heterocycles. The van der Waals surface area contributed by atoms with Crippen molar-refractivity contribution in [2.45, 2.75) is 31.5 Å². The van der Waals surface area contributed by atoms with Gasteiger partial charge in [0, 0.05) is 23.0 Å². The Morgan fingerprint density at radius 2 is 1.86 bits per heavy atom. The molecule has 2 aliphatic rings. The van der Waals surface area contributed by atoms with E-state index in [9.17, 15) is 14.7 Å². The van der Waals surface area contributed by atoms with Gasteiger partial charge in [-0.2, -0.15) is 0 Å². The van der Waals surface area contributed by atoms with Gasteiger partial charge in [-0.15, -0.1) is 0 Å². The van der Waals surface area contributed by atoms with Crippen molar-refractivity contribution in [2.24, 2.45) is 5.92 Å². The van der Waals surface area contributed by atoms with E-state index in [1.165, 1.54) is 0 Å². The predicted octanol–water partition coefficient (Wildman–Crippen LogP) is 3.50. The second kappa shape index (κ2) is 7.89. The summed E-state index contributed by atoms with van der Waals surface area (Å²) in [4.78, 5) is 27.3. The predicted molar refractivity (Wildman–Crippen MR) is 110 cm³/mol. The summed E-state index contributed by atoms with van der Waals surface area (Å²) in [5.74, 6) is -0.718. The van der Waals surface area contributed by atoms with Crippen molar-refractivity contribution in [3.63, 3.8) is 0 Å². The first-order valence-electron chi connectivity index (χ1n) is 9.32. The van der Waals surface area contributed by atoms with Gasteiger partial charge < -0.3 is 15.3 Å². The van der Waals surface area contributed by atoms with E-state index in [4.69, 9.17) is 0 Å². The average molecular weight is 441 g/mol. The number of fused-ring (bicyclic) bond motifs is 2. The number of halogens is 1. The summed E-state index contributed by atoms with van der Waals surface area (Å²) in [6, 6.07) is 16.8. The summed E-state index contributed by atoms with van der Waals surface area (Å²) < 4.78 is 0.806. The smallest absolute Gasteiger partial charge is 0.251 e. The van der Waals surface area contributed by atoms with Gasteiger partial charge in [0.1, 0.15) is 0 Å². The minimum Gasteiger partial charge on any atom is -0.390 e. The number of aliphatic hydroxyl groups excluding tert-OH is 1. The van der Waals surface area contributed by atoms with Gasteiger partial charge in [-0.3, -0.25) is 9.59 Å². The van der Waals surface area contributed by atoms with Crippen LogP contribution in [0.1, 0.15) is 18.4 Å². The second-order valence-corrected chi connectivity index (χ2v) is 8.07. The summed E-state index contributed by atoms with van der Waals surface area (Å²) in [5, 5.41) is 13.6. The summed E-state index contributed by atoms with van der Waals surface area (Å²) in [7, 11) is 0. The van der Waals surface area contributed by atoms with E-state index in [1.54, 1.807) is 11.0 Å². The number of aliphatic hydroxyl groups is 1. The van der Waals surface area contributed by atoms with Gasteiger partial charge in [-0.05, 0) is 40.0 Å². The largest absolute Gasteiger partial charge is 0.390 e. The van der Waals surface area contributed by atoms with E-state index < -0.39 is 18.1 Å². The number of amides is 2. The fourth-order valence-corrected chi connectivity index (χ4v) is 4.33. The normalized spacial score (nSPS) is 23.9. The number of anilines is 1. The van der Waals surface area contributed by atoms with Crippen LogP contribution in [0.2, 0.25) is 0 Å². The van der Waals surface area contributed by atoms with Crippen LogP contribution in [0.15, 0.2) is 70.7 Å².